The van der Waals surface area contributed by atoms with Crippen molar-refractivity contribution in [3.05, 3.63) is 54.4 Å². The Morgan fingerprint density at radius 1 is 1.08 bits per heavy atom. The van der Waals surface area contributed by atoms with E-state index in [1.54, 1.807) is 18.0 Å². The number of amides is 1. The van der Waals surface area contributed by atoms with Gasteiger partial charge in [-0.1, -0.05) is 18.9 Å². The first-order valence-corrected chi connectivity index (χ1v) is 9.38. The van der Waals surface area contributed by atoms with Gasteiger partial charge in [-0.05, 0) is 55.3 Å². The molecule has 0 saturated heterocycles. The molecular weight excluding hydrogens is 318 g/mol. The highest BCUT2D eigenvalue weighted by Crippen LogP contribution is 2.24. The highest BCUT2D eigenvalue weighted by molar-refractivity contribution is 7.98. The van der Waals surface area contributed by atoms with Crippen LogP contribution < -0.4 is 11.1 Å². The zero-order valence-corrected chi connectivity index (χ0v) is 14.7. The van der Waals surface area contributed by atoms with Gasteiger partial charge in [-0.15, -0.1) is 11.8 Å². The lowest BCUT2D eigenvalue weighted by atomic mass is 10.1. The Morgan fingerprint density at radius 2 is 1.88 bits per heavy atom. The van der Waals surface area contributed by atoms with E-state index in [1.165, 1.54) is 10.5 Å². The summed E-state index contributed by atoms with van der Waals surface area (Å²) < 4.78 is 0. The maximum atomic E-state index is 11.9. The minimum atomic E-state index is 0.0820. The molecule has 0 radical (unpaired) electrons. The van der Waals surface area contributed by atoms with Gasteiger partial charge in [0.15, 0.2) is 0 Å². The fourth-order valence-electron chi connectivity index (χ4n) is 2.29. The van der Waals surface area contributed by atoms with Gasteiger partial charge in [0.05, 0.1) is 0 Å². The normalized spacial score (nSPS) is 10.5. The highest BCUT2D eigenvalue weighted by Gasteiger charge is 2.03. The van der Waals surface area contributed by atoms with E-state index in [4.69, 9.17) is 5.73 Å². The third-order valence-electron chi connectivity index (χ3n) is 3.62. The quantitative estimate of drug-likeness (QED) is 0.500. The molecule has 0 aliphatic heterocycles. The molecule has 24 heavy (non-hydrogen) atoms. The first kappa shape index (κ1) is 18.5. The highest BCUT2D eigenvalue weighted by atomic mass is 32.2. The Balaban J connectivity index is 1.70. The lowest BCUT2D eigenvalue weighted by Crippen LogP contribution is -2.11. The Kier molecular flexibility index (Phi) is 8.35. The van der Waals surface area contributed by atoms with E-state index in [9.17, 15) is 4.79 Å². The van der Waals surface area contributed by atoms with Crippen LogP contribution in [0.2, 0.25) is 0 Å². The molecule has 1 heterocycles. The van der Waals surface area contributed by atoms with Gasteiger partial charge in [0.2, 0.25) is 5.91 Å². The number of rotatable bonds is 10. The largest absolute Gasteiger partial charge is 0.330 e. The number of nitrogens with two attached hydrogens (primary N) is 1. The molecule has 0 fully saturated rings. The van der Waals surface area contributed by atoms with Crippen molar-refractivity contribution < 1.29 is 4.79 Å². The van der Waals surface area contributed by atoms with Crippen LogP contribution in [-0.2, 0) is 10.5 Å². The summed E-state index contributed by atoms with van der Waals surface area (Å²) in [6, 6.07) is 12.0. The van der Waals surface area contributed by atoms with Crippen molar-refractivity contribution in [1.29, 1.82) is 0 Å². The molecule has 2 aromatic rings. The average molecular weight is 343 g/mol. The summed E-state index contributed by atoms with van der Waals surface area (Å²) in [5.74, 6) is 0.973. The van der Waals surface area contributed by atoms with Gasteiger partial charge in [0, 0.05) is 35.2 Å². The van der Waals surface area contributed by atoms with Crippen LogP contribution in [0.5, 0.6) is 0 Å². The van der Waals surface area contributed by atoms with Crippen molar-refractivity contribution >= 4 is 23.4 Å². The number of unbranched alkanes of at least 4 members (excludes halogenated alkanes) is 3. The van der Waals surface area contributed by atoms with Crippen molar-refractivity contribution in [2.75, 3.05) is 11.9 Å². The minimum Gasteiger partial charge on any atom is -0.330 e. The van der Waals surface area contributed by atoms with Gasteiger partial charge < -0.3 is 11.1 Å². The van der Waals surface area contributed by atoms with Crippen LogP contribution in [-0.4, -0.2) is 17.4 Å². The van der Waals surface area contributed by atoms with Crippen molar-refractivity contribution in [2.45, 2.75) is 42.8 Å². The molecule has 0 spiro atoms. The van der Waals surface area contributed by atoms with E-state index in [0.29, 0.717) is 6.42 Å². The van der Waals surface area contributed by atoms with Gasteiger partial charge in [-0.3, -0.25) is 9.78 Å². The molecule has 0 aliphatic carbocycles. The van der Waals surface area contributed by atoms with Crippen LogP contribution >= 0.6 is 11.8 Å². The summed E-state index contributed by atoms with van der Waals surface area (Å²) >= 11 is 1.76. The Labute approximate surface area is 148 Å². The van der Waals surface area contributed by atoms with Crippen LogP contribution in [0.1, 0.15) is 37.7 Å². The van der Waals surface area contributed by atoms with E-state index >= 15 is 0 Å². The van der Waals surface area contributed by atoms with E-state index in [2.05, 4.69) is 16.4 Å². The van der Waals surface area contributed by atoms with Gasteiger partial charge in [0.25, 0.3) is 0 Å². The van der Waals surface area contributed by atoms with Crippen molar-refractivity contribution in [3.63, 3.8) is 0 Å². The lowest BCUT2D eigenvalue weighted by Gasteiger charge is -2.07. The van der Waals surface area contributed by atoms with Crippen LogP contribution in [0.4, 0.5) is 5.69 Å². The Morgan fingerprint density at radius 3 is 2.58 bits per heavy atom. The average Bonchev–Trinajstić information content (AvgIpc) is 2.62. The fourth-order valence-corrected chi connectivity index (χ4v) is 3.12. The summed E-state index contributed by atoms with van der Waals surface area (Å²) in [4.78, 5) is 17.2. The topological polar surface area (TPSA) is 68.0 Å². The smallest absolute Gasteiger partial charge is 0.224 e. The van der Waals surface area contributed by atoms with Gasteiger partial charge >= 0.3 is 0 Å². The molecule has 1 amide bonds. The molecule has 1 aromatic heterocycles. The van der Waals surface area contributed by atoms with Crippen LogP contribution in [0, 0.1) is 0 Å². The maximum Gasteiger partial charge on any atom is 0.224 e. The van der Waals surface area contributed by atoms with Crippen LogP contribution in [0.25, 0.3) is 0 Å². The van der Waals surface area contributed by atoms with Gasteiger partial charge in [-0.25, -0.2) is 0 Å². The fraction of sp³-hybridized carbons (Fsp3) is 0.368. The number of thioether (sulfide) groups is 1. The number of benzene rings is 1. The number of nitrogens with zero attached hydrogens (tertiary/aromatic N) is 1. The second kappa shape index (κ2) is 10.8. The molecule has 5 heteroatoms. The third kappa shape index (κ3) is 7.15. The molecule has 2 rings (SSSR count). The summed E-state index contributed by atoms with van der Waals surface area (Å²) in [5.41, 5.74) is 7.51. The number of hydrogen-bond donors (Lipinski definition) is 2. The van der Waals surface area contributed by atoms with Gasteiger partial charge in [0.1, 0.15) is 0 Å². The molecule has 0 atom stereocenters. The van der Waals surface area contributed by atoms with Crippen molar-refractivity contribution in [2.24, 2.45) is 5.73 Å². The summed E-state index contributed by atoms with van der Waals surface area (Å²) in [7, 11) is 0. The van der Waals surface area contributed by atoms with Crippen molar-refractivity contribution in [1.82, 2.24) is 4.98 Å². The predicted molar refractivity (Wildman–Crippen MR) is 101 cm³/mol. The summed E-state index contributed by atoms with van der Waals surface area (Å²) in [6.45, 7) is 0.733. The molecule has 0 unspecified atom stereocenters. The second-order valence-corrected chi connectivity index (χ2v) is 6.72. The first-order valence-electron chi connectivity index (χ1n) is 8.39. The molecule has 4 nitrogen and oxygen atoms in total. The van der Waals surface area contributed by atoms with Crippen LogP contribution in [0.15, 0.2) is 53.7 Å². The van der Waals surface area contributed by atoms with Crippen LogP contribution in [0.3, 0.4) is 0 Å². The number of hydrogen-bond acceptors (Lipinski definition) is 4. The molecule has 0 bridgehead atoms. The predicted octanol–water partition coefficient (Wildman–Crippen LogP) is 4.22. The molecule has 0 aliphatic rings. The van der Waals surface area contributed by atoms with Crippen molar-refractivity contribution in [3.8, 4) is 0 Å². The summed E-state index contributed by atoms with van der Waals surface area (Å²) in [5, 5.41) is 2.95. The number of pyridine rings is 1. The molecule has 1 aromatic carbocycles. The molecule has 0 saturated carbocycles. The molecule has 128 valence electrons. The Bertz CT molecular complexity index is 602. The molecule has 3 N–H and O–H groups in total. The first-order chi connectivity index (χ1) is 11.8. The zero-order valence-electron chi connectivity index (χ0n) is 13.9. The van der Waals surface area contributed by atoms with E-state index < -0.39 is 0 Å². The molecular formula is C19H25N3OS. The lowest BCUT2D eigenvalue weighted by molar-refractivity contribution is -0.116. The van der Waals surface area contributed by atoms with E-state index in [-0.39, 0.29) is 5.91 Å². The standard InChI is InChI=1S/C19H25N3OS/c20-12-4-2-1-3-7-19(23)22-17-8-10-18(11-9-17)24-15-16-6-5-13-21-14-16/h5-6,8-11,13-14H,1-4,7,12,15,20H2,(H,22,23). The Hall–Kier alpha value is -1.85. The van der Waals surface area contributed by atoms with E-state index in [1.807, 2.05) is 36.5 Å². The zero-order chi connectivity index (χ0) is 17.0. The summed E-state index contributed by atoms with van der Waals surface area (Å²) in [6.07, 6.45) is 8.37. The number of anilines is 1. The van der Waals surface area contributed by atoms with E-state index in [0.717, 1.165) is 43.7 Å². The second-order valence-electron chi connectivity index (χ2n) is 5.68. The third-order valence-corrected chi connectivity index (χ3v) is 4.71. The monoisotopic (exact) mass is 343 g/mol. The number of carbonyl (C=O) groups excluding carboxylic acids is 1. The SMILES string of the molecule is NCCCCCCC(=O)Nc1ccc(SCc2cccnc2)cc1. The number of carbonyl (C=O) groups is 1. The number of aromatic nitrogens is 1. The minimum absolute atomic E-state index is 0.0820. The number of nitrogens with one attached hydrogen (secondary N) is 1. The van der Waals surface area contributed by atoms with Gasteiger partial charge in [-0.2, -0.15) is 0 Å². The maximum absolute atomic E-state index is 11.9.